The van der Waals surface area contributed by atoms with Gasteiger partial charge >= 0.3 is 11.9 Å². The summed E-state index contributed by atoms with van der Waals surface area (Å²) in [4.78, 5) is 32.8. The highest BCUT2D eigenvalue weighted by Crippen LogP contribution is 2.26. The van der Waals surface area contributed by atoms with Crippen LogP contribution in [-0.2, 0) is 14.4 Å². The number of aliphatic carboxylic acids is 2. The molecular weight excluding hydrogens is 268 g/mol. The predicted octanol–water partition coefficient (Wildman–Crippen LogP) is -0.849. The minimum Gasteiger partial charge on any atom is -0.480 e. The number of ketones is 1. The Morgan fingerprint density at radius 3 is 2.35 bits per heavy atom. The van der Waals surface area contributed by atoms with Gasteiger partial charge in [0.05, 0.1) is 1.37 Å². The lowest BCUT2D eigenvalue weighted by Crippen LogP contribution is -2.56. The summed E-state index contributed by atoms with van der Waals surface area (Å²) in [7, 11) is 0.757. The summed E-state index contributed by atoms with van der Waals surface area (Å²) >= 11 is 0. The monoisotopic (exact) mass is 285 g/mol. The average molecular weight is 285 g/mol. The van der Waals surface area contributed by atoms with Crippen LogP contribution in [0.15, 0.2) is 0 Å². The number of nitrogens with two attached hydrogens (primary N) is 2. The van der Waals surface area contributed by atoms with Crippen molar-refractivity contribution < 1.29 is 28.7 Å². The van der Waals surface area contributed by atoms with E-state index in [0.717, 1.165) is 6.92 Å². The van der Waals surface area contributed by atoms with Crippen molar-refractivity contribution >= 4 is 39.3 Å². The molecule has 0 bridgehead atoms. The molecule has 98 valence electrons. The first-order chi connectivity index (χ1) is 8.79. The van der Waals surface area contributed by atoms with Crippen LogP contribution in [0.2, 0.25) is 0 Å². The SMILES string of the molecule is [2H]C([2H])(SSC[C@@](N)(C(C)=O)C(=O)O)[C@]([2H])(N)C(=O)O. The molecule has 9 heteroatoms. The molecule has 0 spiro atoms. The van der Waals surface area contributed by atoms with Gasteiger partial charge in [-0.1, -0.05) is 21.6 Å². The van der Waals surface area contributed by atoms with Gasteiger partial charge in [0, 0.05) is 14.2 Å². The first-order valence-corrected chi connectivity index (χ1v) is 6.47. The number of carbonyl (C=O) groups excluding carboxylic acids is 1. The minimum atomic E-state index is -2.93. The van der Waals surface area contributed by atoms with Crippen molar-refractivity contribution in [3.05, 3.63) is 0 Å². The van der Waals surface area contributed by atoms with Crippen molar-refractivity contribution in [2.75, 3.05) is 11.5 Å². The Hall–Kier alpha value is -0.770. The van der Waals surface area contributed by atoms with Gasteiger partial charge in [0.1, 0.15) is 6.02 Å². The molecule has 0 aromatic rings. The molecule has 0 saturated heterocycles. The molecule has 2 atom stereocenters. The van der Waals surface area contributed by atoms with Crippen LogP contribution in [-0.4, -0.2) is 50.9 Å². The van der Waals surface area contributed by atoms with Gasteiger partial charge in [-0.3, -0.25) is 9.59 Å². The average Bonchev–Trinajstić information content (AvgIpc) is 2.27. The number of hydrogen-bond acceptors (Lipinski definition) is 7. The quantitative estimate of drug-likeness (QED) is 0.331. The Morgan fingerprint density at radius 2 is 2.00 bits per heavy atom. The molecular formula is C8H14N2O5S2. The highest BCUT2D eigenvalue weighted by Gasteiger charge is 2.39. The third kappa shape index (κ3) is 4.94. The van der Waals surface area contributed by atoms with Crippen LogP contribution >= 0.6 is 21.6 Å². The second kappa shape index (κ2) is 6.84. The number of rotatable bonds is 8. The summed E-state index contributed by atoms with van der Waals surface area (Å²) in [6.07, 6.45) is 0. The van der Waals surface area contributed by atoms with E-state index in [1.54, 1.807) is 0 Å². The molecule has 0 fully saturated rings. The van der Waals surface area contributed by atoms with Crippen molar-refractivity contribution in [3.8, 4) is 0 Å². The summed E-state index contributed by atoms with van der Waals surface area (Å²) in [5.74, 6) is -4.79. The van der Waals surface area contributed by atoms with E-state index in [1.165, 1.54) is 0 Å². The van der Waals surface area contributed by atoms with Gasteiger partial charge in [0.15, 0.2) is 11.3 Å². The molecule has 0 saturated carbocycles. The Balaban J connectivity index is 4.84. The van der Waals surface area contributed by atoms with E-state index in [-0.39, 0.29) is 10.8 Å². The number of carboxylic acid groups (broad SMARTS) is 2. The van der Waals surface area contributed by atoms with Crippen LogP contribution in [0.5, 0.6) is 0 Å². The maximum absolute atomic E-state index is 11.2. The standard InChI is InChI=1S/C8H14N2O5S2/c1-4(11)8(10,7(14)15)3-17-16-2-5(9)6(12)13/h5H,2-3,9-10H2,1H3,(H,12,13)(H,14,15)/t5-,8+/m0/s1/i2D2,5D. The lowest BCUT2D eigenvalue weighted by atomic mass is 9.99. The maximum atomic E-state index is 11.2. The van der Waals surface area contributed by atoms with Crippen LogP contribution < -0.4 is 11.5 Å². The molecule has 0 aliphatic heterocycles. The van der Waals surface area contributed by atoms with E-state index in [4.69, 9.17) is 25.8 Å². The second-order valence-corrected chi connectivity index (χ2v) is 5.10. The van der Waals surface area contributed by atoms with Crippen molar-refractivity contribution in [2.24, 2.45) is 11.5 Å². The fourth-order valence-corrected chi connectivity index (χ4v) is 2.54. The molecule has 6 N–H and O–H groups in total. The van der Waals surface area contributed by atoms with Gasteiger partial charge in [-0.2, -0.15) is 0 Å². The summed E-state index contributed by atoms with van der Waals surface area (Å²) in [5.41, 5.74) is 5.50. The van der Waals surface area contributed by atoms with Gasteiger partial charge in [0.25, 0.3) is 0 Å². The lowest BCUT2D eigenvalue weighted by Gasteiger charge is -2.20. The number of carbonyl (C=O) groups is 3. The molecule has 17 heavy (non-hydrogen) atoms. The molecule has 0 radical (unpaired) electrons. The van der Waals surface area contributed by atoms with Gasteiger partial charge in [0.2, 0.25) is 0 Å². The van der Waals surface area contributed by atoms with Crippen LogP contribution in [0, 0.1) is 0 Å². The number of Topliss-reactive ketones (excluding diaryl/α,β-unsaturated/α-hetero) is 1. The Morgan fingerprint density at radius 1 is 1.47 bits per heavy atom. The Kier molecular flexibility index (Phi) is 4.56. The van der Waals surface area contributed by atoms with Gasteiger partial charge in [-0.25, -0.2) is 4.79 Å². The normalized spacial score (nSPS) is 21.2. The van der Waals surface area contributed by atoms with Crippen LogP contribution in [0.1, 0.15) is 11.0 Å². The zero-order valence-electron chi connectivity index (χ0n) is 11.8. The van der Waals surface area contributed by atoms with Gasteiger partial charge in [-0.05, 0) is 6.92 Å². The molecule has 0 aliphatic rings. The van der Waals surface area contributed by atoms with E-state index in [9.17, 15) is 14.4 Å². The van der Waals surface area contributed by atoms with Gasteiger partial charge in [-0.15, -0.1) is 0 Å². The number of carboxylic acids is 2. The van der Waals surface area contributed by atoms with E-state index < -0.39 is 40.7 Å². The molecule has 0 amide bonds. The van der Waals surface area contributed by atoms with E-state index >= 15 is 0 Å². The Labute approximate surface area is 110 Å². The largest absolute Gasteiger partial charge is 0.480 e. The summed E-state index contributed by atoms with van der Waals surface area (Å²) < 4.78 is 22.1. The first-order valence-electron chi connectivity index (χ1n) is 5.65. The van der Waals surface area contributed by atoms with Crippen LogP contribution in [0.25, 0.3) is 0 Å². The molecule has 0 aromatic heterocycles. The summed E-state index contributed by atoms with van der Waals surface area (Å²) in [6.45, 7) is 0.975. The van der Waals surface area contributed by atoms with E-state index in [0.29, 0.717) is 10.8 Å². The smallest absolute Gasteiger partial charge is 0.332 e. The van der Waals surface area contributed by atoms with Crippen LogP contribution in [0.3, 0.4) is 0 Å². The predicted molar refractivity (Wildman–Crippen MR) is 65.8 cm³/mol. The second-order valence-electron chi connectivity index (χ2n) is 3.00. The molecule has 0 aliphatic carbocycles. The lowest BCUT2D eigenvalue weighted by molar-refractivity contribution is -0.146. The van der Waals surface area contributed by atoms with Crippen molar-refractivity contribution in [1.29, 1.82) is 0 Å². The third-order valence-electron chi connectivity index (χ3n) is 1.74. The van der Waals surface area contributed by atoms with Crippen LogP contribution in [0.4, 0.5) is 0 Å². The summed E-state index contributed by atoms with van der Waals surface area (Å²) in [6, 6.07) is -2.93. The van der Waals surface area contributed by atoms with Crippen molar-refractivity contribution in [3.63, 3.8) is 0 Å². The first kappa shape index (κ1) is 11.3. The highest BCUT2D eigenvalue weighted by molar-refractivity contribution is 8.76. The molecule has 0 rings (SSSR count). The van der Waals surface area contributed by atoms with Crippen molar-refractivity contribution in [1.82, 2.24) is 0 Å². The zero-order valence-corrected chi connectivity index (χ0v) is 10.4. The highest BCUT2D eigenvalue weighted by atomic mass is 33.1. The summed E-state index contributed by atoms with van der Waals surface area (Å²) in [5, 5.41) is 17.5. The topological polar surface area (TPSA) is 144 Å². The van der Waals surface area contributed by atoms with E-state index in [2.05, 4.69) is 0 Å². The van der Waals surface area contributed by atoms with E-state index in [1.807, 2.05) is 0 Å². The van der Waals surface area contributed by atoms with Gasteiger partial charge < -0.3 is 21.7 Å². The fraction of sp³-hybridized carbons (Fsp3) is 0.625. The zero-order chi connectivity index (χ0) is 16.4. The minimum absolute atomic E-state index is 0.237. The Bertz CT molecular complexity index is 418. The molecule has 7 nitrogen and oxygen atoms in total. The maximum Gasteiger partial charge on any atom is 0.332 e. The molecule has 0 heterocycles. The third-order valence-corrected chi connectivity index (χ3v) is 3.69. The molecule has 0 unspecified atom stereocenters. The number of hydrogen-bond donors (Lipinski definition) is 4. The fourth-order valence-electron chi connectivity index (χ4n) is 0.554. The van der Waals surface area contributed by atoms with Crippen molar-refractivity contribution in [2.45, 2.75) is 18.5 Å². The molecule has 0 aromatic carbocycles.